The molecule has 0 saturated carbocycles. The number of rotatable bonds is 6. The normalized spacial score (nSPS) is 17.2. The Balaban J connectivity index is 1.51. The molecule has 0 spiro atoms. The molecule has 1 saturated heterocycles. The molecule has 3 rings (SSSR count). The summed E-state index contributed by atoms with van der Waals surface area (Å²) < 4.78 is 77.4. The third-order valence-corrected chi connectivity index (χ3v) is 5.88. The minimum atomic E-state index is -4.47. The fourth-order valence-corrected chi connectivity index (χ4v) is 4.00. The zero-order valence-electron chi connectivity index (χ0n) is 15.5. The molecular formula is C18H18F4N4O3S. The molecule has 1 amide bonds. The molecular weight excluding hydrogens is 428 g/mol. The lowest BCUT2D eigenvalue weighted by atomic mass is 10.2. The Hall–Kier alpha value is -2.73. The molecule has 1 aromatic carbocycles. The van der Waals surface area contributed by atoms with Crippen LogP contribution in [-0.2, 0) is 21.0 Å². The molecule has 0 radical (unpaired) electrons. The second kappa shape index (κ2) is 8.56. The fourth-order valence-electron chi connectivity index (χ4n) is 2.98. The quantitative estimate of drug-likeness (QED) is 0.662. The first-order valence-corrected chi connectivity index (χ1v) is 10.4. The van der Waals surface area contributed by atoms with Gasteiger partial charge in [-0.1, -0.05) is 6.07 Å². The van der Waals surface area contributed by atoms with E-state index in [1.807, 2.05) is 0 Å². The van der Waals surface area contributed by atoms with E-state index < -0.39 is 40.0 Å². The molecule has 0 aliphatic carbocycles. The number of nitrogens with zero attached hydrogens (tertiary/aromatic N) is 2. The van der Waals surface area contributed by atoms with Crippen molar-refractivity contribution in [2.75, 3.05) is 24.5 Å². The monoisotopic (exact) mass is 446 g/mol. The number of benzene rings is 1. The zero-order chi connectivity index (χ0) is 21.9. The van der Waals surface area contributed by atoms with Gasteiger partial charge in [-0.3, -0.25) is 4.79 Å². The number of carbonyl (C=O) groups excluding carboxylic acids is 1. The van der Waals surface area contributed by atoms with Crippen molar-refractivity contribution in [2.24, 2.45) is 0 Å². The maximum atomic E-state index is 13.2. The molecule has 162 valence electrons. The number of halogens is 4. The number of sulfonamides is 1. The molecule has 1 aliphatic heterocycles. The molecule has 1 fully saturated rings. The van der Waals surface area contributed by atoms with E-state index in [9.17, 15) is 30.8 Å². The molecule has 1 atom stereocenters. The Morgan fingerprint density at radius 2 is 2.00 bits per heavy atom. The molecule has 1 aliphatic rings. The van der Waals surface area contributed by atoms with Crippen LogP contribution >= 0.6 is 0 Å². The van der Waals surface area contributed by atoms with Crippen LogP contribution in [0.1, 0.15) is 12.0 Å². The summed E-state index contributed by atoms with van der Waals surface area (Å²) in [5, 5.41) is 2.66. The van der Waals surface area contributed by atoms with Crippen LogP contribution < -0.4 is 14.9 Å². The van der Waals surface area contributed by atoms with Crippen LogP contribution in [0, 0.1) is 5.82 Å². The van der Waals surface area contributed by atoms with E-state index in [0.717, 1.165) is 24.4 Å². The van der Waals surface area contributed by atoms with Crippen molar-refractivity contribution in [3.8, 4) is 0 Å². The van der Waals surface area contributed by atoms with Gasteiger partial charge >= 0.3 is 6.18 Å². The number of nitrogens with one attached hydrogen (secondary N) is 2. The van der Waals surface area contributed by atoms with E-state index in [-0.39, 0.29) is 10.9 Å². The van der Waals surface area contributed by atoms with E-state index in [1.165, 1.54) is 18.2 Å². The van der Waals surface area contributed by atoms with Crippen LogP contribution in [0.3, 0.4) is 0 Å². The third-order valence-electron chi connectivity index (χ3n) is 4.48. The standard InChI is InChI=1S/C18H18F4N4O3S/c19-13-2-1-3-15(8-13)30(28,29)24-10-17(27)25-14-6-7-26(11-14)16-5-4-12(9-23-16)18(20,21)22/h1-5,8-9,14,24H,6-7,10-11H2,(H,25,27). The van der Waals surface area contributed by atoms with Crippen LogP contribution in [0.4, 0.5) is 23.4 Å². The van der Waals surface area contributed by atoms with Crippen LogP contribution in [-0.4, -0.2) is 45.0 Å². The summed E-state index contributed by atoms with van der Waals surface area (Å²) in [6.07, 6.45) is -3.20. The van der Waals surface area contributed by atoms with Crippen molar-refractivity contribution < 1.29 is 30.8 Å². The van der Waals surface area contributed by atoms with Crippen molar-refractivity contribution in [3.05, 3.63) is 54.0 Å². The van der Waals surface area contributed by atoms with Gasteiger partial charge in [0.15, 0.2) is 0 Å². The van der Waals surface area contributed by atoms with E-state index >= 15 is 0 Å². The smallest absolute Gasteiger partial charge is 0.354 e. The van der Waals surface area contributed by atoms with Crippen molar-refractivity contribution in [1.82, 2.24) is 15.0 Å². The Morgan fingerprint density at radius 1 is 1.23 bits per heavy atom. The van der Waals surface area contributed by atoms with E-state index in [4.69, 9.17) is 0 Å². The van der Waals surface area contributed by atoms with E-state index in [1.54, 1.807) is 4.90 Å². The van der Waals surface area contributed by atoms with Crippen LogP contribution in [0.2, 0.25) is 0 Å². The summed E-state index contributed by atoms with van der Waals surface area (Å²) in [6.45, 7) is 0.257. The van der Waals surface area contributed by atoms with Crippen LogP contribution in [0.15, 0.2) is 47.5 Å². The number of anilines is 1. The summed E-state index contributed by atoms with van der Waals surface area (Å²) >= 11 is 0. The van der Waals surface area contributed by atoms with Crippen LogP contribution in [0.5, 0.6) is 0 Å². The number of alkyl halides is 3. The predicted octanol–water partition coefficient (Wildman–Crippen LogP) is 1.91. The number of amides is 1. The number of pyridine rings is 1. The first-order valence-electron chi connectivity index (χ1n) is 8.87. The minimum Gasteiger partial charge on any atom is -0.354 e. The molecule has 2 N–H and O–H groups in total. The molecule has 2 aromatic rings. The predicted molar refractivity (Wildman–Crippen MR) is 99.6 cm³/mol. The van der Waals surface area contributed by atoms with Crippen molar-refractivity contribution in [2.45, 2.75) is 23.5 Å². The largest absolute Gasteiger partial charge is 0.417 e. The second-order valence-corrected chi connectivity index (χ2v) is 8.45. The first kappa shape index (κ1) is 22.0. The first-order chi connectivity index (χ1) is 14.0. The van der Waals surface area contributed by atoms with Gasteiger partial charge in [-0.15, -0.1) is 0 Å². The minimum absolute atomic E-state index is 0.296. The third kappa shape index (κ3) is 5.45. The summed E-state index contributed by atoms with van der Waals surface area (Å²) in [4.78, 5) is 17.3. The van der Waals surface area contributed by atoms with Gasteiger partial charge in [0.1, 0.15) is 11.6 Å². The lowest BCUT2D eigenvalue weighted by molar-refractivity contribution is -0.137. The highest BCUT2D eigenvalue weighted by atomic mass is 32.2. The highest BCUT2D eigenvalue weighted by molar-refractivity contribution is 7.89. The van der Waals surface area contributed by atoms with Gasteiger partial charge in [-0.05, 0) is 36.8 Å². The SMILES string of the molecule is O=C(CNS(=O)(=O)c1cccc(F)c1)NC1CCN(c2ccc(C(F)(F)F)cn2)C1. The van der Waals surface area contributed by atoms with Gasteiger partial charge in [-0.25, -0.2) is 22.5 Å². The second-order valence-electron chi connectivity index (χ2n) is 6.68. The molecule has 7 nitrogen and oxygen atoms in total. The zero-order valence-corrected chi connectivity index (χ0v) is 16.3. The molecule has 30 heavy (non-hydrogen) atoms. The summed E-state index contributed by atoms with van der Waals surface area (Å²) in [6, 6.07) is 6.27. The fraction of sp³-hybridized carbons (Fsp3) is 0.333. The topological polar surface area (TPSA) is 91.4 Å². The Kier molecular flexibility index (Phi) is 6.27. The Morgan fingerprint density at radius 3 is 2.63 bits per heavy atom. The number of hydrogen-bond donors (Lipinski definition) is 2. The molecule has 12 heteroatoms. The van der Waals surface area contributed by atoms with Gasteiger partial charge in [0.2, 0.25) is 15.9 Å². The highest BCUT2D eigenvalue weighted by Crippen LogP contribution is 2.29. The Labute approximate surface area is 170 Å². The van der Waals surface area contributed by atoms with Crippen LogP contribution in [0.25, 0.3) is 0 Å². The maximum absolute atomic E-state index is 13.2. The molecule has 1 aromatic heterocycles. The van der Waals surface area contributed by atoms with Crippen molar-refractivity contribution in [3.63, 3.8) is 0 Å². The van der Waals surface area contributed by atoms with E-state index in [0.29, 0.717) is 25.3 Å². The maximum Gasteiger partial charge on any atom is 0.417 e. The van der Waals surface area contributed by atoms with Gasteiger partial charge < -0.3 is 10.2 Å². The Bertz CT molecular complexity index is 1010. The van der Waals surface area contributed by atoms with Gasteiger partial charge in [0.25, 0.3) is 0 Å². The van der Waals surface area contributed by atoms with Gasteiger partial charge in [-0.2, -0.15) is 13.2 Å². The number of carbonyl (C=O) groups is 1. The molecule has 1 unspecified atom stereocenters. The van der Waals surface area contributed by atoms with Crippen molar-refractivity contribution >= 4 is 21.7 Å². The average Bonchev–Trinajstić information content (AvgIpc) is 3.14. The lowest BCUT2D eigenvalue weighted by Gasteiger charge is -2.18. The molecule has 2 heterocycles. The number of aromatic nitrogens is 1. The van der Waals surface area contributed by atoms with E-state index in [2.05, 4.69) is 15.0 Å². The highest BCUT2D eigenvalue weighted by Gasteiger charge is 2.31. The summed E-state index contributed by atoms with van der Waals surface area (Å²) in [5.74, 6) is -0.945. The summed E-state index contributed by atoms with van der Waals surface area (Å²) in [5.41, 5.74) is -0.846. The van der Waals surface area contributed by atoms with Crippen molar-refractivity contribution in [1.29, 1.82) is 0 Å². The summed E-state index contributed by atoms with van der Waals surface area (Å²) in [7, 11) is -4.04. The number of hydrogen-bond acceptors (Lipinski definition) is 5. The lowest BCUT2D eigenvalue weighted by Crippen LogP contribution is -2.43. The average molecular weight is 446 g/mol. The van der Waals surface area contributed by atoms with Gasteiger partial charge in [0.05, 0.1) is 17.0 Å². The molecule has 0 bridgehead atoms. The van der Waals surface area contributed by atoms with Gasteiger partial charge in [0, 0.05) is 25.3 Å².